The molecule has 0 spiro atoms. The second-order valence-electron chi connectivity index (χ2n) is 5.16. The summed E-state index contributed by atoms with van der Waals surface area (Å²) in [5, 5.41) is 10.1. The summed E-state index contributed by atoms with van der Waals surface area (Å²) in [6.07, 6.45) is 0.0844. The smallest absolute Gasteiger partial charge is 0.338 e. The summed E-state index contributed by atoms with van der Waals surface area (Å²) >= 11 is 3.49. The molecule has 3 rings (SSSR count). The van der Waals surface area contributed by atoms with Crippen molar-refractivity contribution in [3.63, 3.8) is 0 Å². The molecule has 4 nitrogen and oxygen atoms in total. The Kier molecular flexibility index (Phi) is 3.37. The predicted octanol–water partition coefficient (Wildman–Crippen LogP) is 1.79. The minimum Gasteiger partial charge on any atom is -0.457 e. The Bertz CT molecular complexity index is 478. The Hall–Kier alpha value is -0.910. The molecule has 2 aliphatic rings. The maximum absolute atomic E-state index is 11.6. The van der Waals surface area contributed by atoms with Gasteiger partial charge in [0.2, 0.25) is 0 Å². The van der Waals surface area contributed by atoms with Crippen LogP contribution in [0.15, 0.2) is 30.3 Å². The number of halogens is 1. The first-order chi connectivity index (χ1) is 9.08. The van der Waals surface area contributed by atoms with Crippen LogP contribution in [0.1, 0.15) is 18.4 Å². The lowest BCUT2D eigenvalue weighted by atomic mass is 9.84. The molecule has 1 aromatic carbocycles. The first-order valence-electron chi connectivity index (χ1n) is 6.31. The number of ether oxygens (including phenoxy) is 2. The number of alkyl halides is 1. The van der Waals surface area contributed by atoms with Gasteiger partial charge in [-0.25, -0.2) is 4.79 Å². The van der Waals surface area contributed by atoms with E-state index in [1.807, 2.05) is 30.3 Å². The highest BCUT2D eigenvalue weighted by Gasteiger charge is 2.57. The quantitative estimate of drug-likeness (QED) is 0.679. The number of benzene rings is 1. The van der Waals surface area contributed by atoms with Crippen LogP contribution >= 0.6 is 15.9 Å². The molecule has 5 heteroatoms. The van der Waals surface area contributed by atoms with E-state index in [2.05, 4.69) is 15.9 Å². The summed E-state index contributed by atoms with van der Waals surface area (Å²) in [6, 6.07) is 9.85. The van der Waals surface area contributed by atoms with Crippen molar-refractivity contribution in [3.05, 3.63) is 35.9 Å². The van der Waals surface area contributed by atoms with E-state index in [0.717, 1.165) is 5.56 Å². The summed E-state index contributed by atoms with van der Waals surface area (Å²) in [5.74, 6) is -0.521. The van der Waals surface area contributed by atoms with Crippen molar-refractivity contribution < 1.29 is 19.4 Å². The summed E-state index contributed by atoms with van der Waals surface area (Å²) < 4.78 is 11.1. The topological polar surface area (TPSA) is 55.8 Å². The Balaban J connectivity index is 1.67. The van der Waals surface area contributed by atoms with E-state index in [9.17, 15) is 9.90 Å². The Morgan fingerprint density at radius 2 is 2.11 bits per heavy atom. The third kappa shape index (κ3) is 2.42. The number of carbonyl (C=O) groups is 1. The van der Waals surface area contributed by atoms with Gasteiger partial charge in [-0.1, -0.05) is 46.3 Å². The van der Waals surface area contributed by atoms with Gasteiger partial charge in [-0.05, 0) is 5.56 Å². The van der Waals surface area contributed by atoms with Gasteiger partial charge in [0.15, 0.2) is 5.60 Å². The molecule has 0 aromatic heterocycles. The number of fused-ring (bicyclic) bond motifs is 2. The van der Waals surface area contributed by atoms with Gasteiger partial charge >= 0.3 is 5.97 Å². The maximum Gasteiger partial charge on any atom is 0.338 e. The lowest BCUT2D eigenvalue weighted by Gasteiger charge is -2.33. The molecule has 1 saturated heterocycles. The predicted molar refractivity (Wildman–Crippen MR) is 71.8 cm³/mol. The standard InChI is InChI=1S/C14H15BrO4/c15-10-6-14(17)7-11(19-13(14)16)12(10)18-8-9-4-2-1-3-5-9/h1-5,10-12,17H,6-8H2/t10-,11+,12+,14-/m0/s1. The van der Waals surface area contributed by atoms with E-state index in [1.54, 1.807) is 0 Å². The fourth-order valence-corrected chi connectivity index (χ4v) is 3.73. The molecule has 4 atom stereocenters. The molecule has 1 heterocycles. The molecular formula is C14H15BrO4. The van der Waals surface area contributed by atoms with Crippen LogP contribution in [0.4, 0.5) is 0 Å². The summed E-state index contributed by atoms with van der Waals surface area (Å²) in [6.45, 7) is 0.472. The third-order valence-electron chi connectivity index (χ3n) is 3.72. The highest BCUT2D eigenvalue weighted by molar-refractivity contribution is 9.09. The van der Waals surface area contributed by atoms with Crippen LogP contribution in [0, 0.1) is 0 Å². The molecule has 1 aliphatic carbocycles. The summed E-state index contributed by atoms with van der Waals surface area (Å²) in [5.41, 5.74) is -0.252. The second kappa shape index (κ2) is 4.89. The van der Waals surface area contributed by atoms with Crippen LogP contribution in [-0.2, 0) is 20.9 Å². The van der Waals surface area contributed by atoms with Crippen molar-refractivity contribution in [2.24, 2.45) is 0 Å². The van der Waals surface area contributed by atoms with Crippen molar-refractivity contribution in [1.82, 2.24) is 0 Å². The number of esters is 1. The number of hydrogen-bond donors (Lipinski definition) is 1. The van der Waals surface area contributed by atoms with Crippen molar-refractivity contribution in [2.45, 2.75) is 42.1 Å². The Labute approximate surface area is 119 Å². The molecule has 102 valence electrons. The van der Waals surface area contributed by atoms with Crippen LogP contribution in [-0.4, -0.2) is 33.7 Å². The third-order valence-corrected chi connectivity index (χ3v) is 4.56. The van der Waals surface area contributed by atoms with Gasteiger partial charge in [0.1, 0.15) is 12.2 Å². The van der Waals surface area contributed by atoms with Gasteiger partial charge in [0, 0.05) is 17.7 Å². The number of carbonyl (C=O) groups excluding carboxylic acids is 1. The van der Waals surface area contributed by atoms with Gasteiger partial charge in [0.25, 0.3) is 0 Å². The van der Waals surface area contributed by atoms with Crippen LogP contribution in [0.25, 0.3) is 0 Å². The van der Waals surface area contributed by atoms with Gasteiger partial charge in [-0.2, -0.15) is 0 Å². The van der Waals surface area contributed by atoms with Crippen LogP contribution < -0.4 is 0 Å². The first-order valence-corrected chi connectivity index (χ1v) is 7.23. The number of rotatable bonds is 3. The SMILES string of the molecule is O=C1O[C@@H]2C[C@@]1(O)C[C@H](Br)[C@H]2OCc1ccccc1. The molecule has 0 unspecified atom stereocenters. The minimum absolute atomic E-state index is 0.0774. The lowest BCUT2D eigenvalue weighted by Crippen LogP contribution is -2.47. The van der Waals surface area contributed by atoms with E-state index in [0.29, 0.717) is 19.4 Å². The van der Waals surface area contributed by atoms with E-state index in [1.165, 1.54) is 0 Å². The van der Waals surface area contributed by atoms with E-state index in [-0.39, 0.29) is 17.0 Å². The average Bonchev–Trinajstić information content (AvgIpc) is 2.62. The Morgan fingerprint density at radius 3 is 2.84 bits per heavy atom. The molecule has 1 saturated carbocycles. The van der Waals surface area contributed by atoms with Gasteiger partial charge in [-0.3, -0.25) is 0 Å². The fraction of sp³-hybridized carbons (Fsp3) is 0.500. The molecule has 1 aromatic rings. The first kappa shape index (κ1) is 13.1. The van der Waals surface area contributed by atoms with Gasteiger partial charge in [0.05, 0.1) is 6.61 Å². The minimum atomic E-state index is -1.33. The lowest BCUT2D eigenvalue weighted by molar-refractivity contribution is -0.155. The normalized spacial score (nSPS) is 37.2. The fourth-order valence-electron chi connectivity index (χ4n) is 2.70. The summed E-state index contributed by atoms with van der Waals surface area (Å²) in [4.78, 5) is 11.5. The number of hydrogen-bond acceptors (Lipinski definition) is 4. The van der Waals surface area contributed by atoms with Crippen LogP contribution in [0.3, 0.4) is 0 Å². The van der Waals surface area contributed by atoms with E-state index < -0.39 is 11.6 Å². The maximum atomic E-state index is 11.6. The zero-order valence-corrected chi connectivity index (χ0v) is 11.9. The van der Waals surface area contributed by atoms with Crippen LogP contribution in [0.5, 0.6) is 0 Å². The van der Waals surface area contributed by atoms with E-state index in [4.69, 9.17) is 9.47 Å². The molecule has 1 aliphatic heterocycles. The largest absolute Gasteiger partial charge is 0.457 e. The summed E-state index contributed by atoms with van der Waals surface area (Å²) in [7, 11) is 0. The molecule has 2 fully saturated rings. The molecule has 0 radical (unpaired) electrons. The zero-order chi connectivity index (χ0) is 13.5. The van der Waals surface area contributed by atoms with Crippen molar-refractivity contribution >= 4 is 21.9 Å². The van der Waals surface area contributed by atoms with Crippen molar-refractivity contribution in [3.8, 4) is 0 Å². The average molecular weight is 327 g/mol. The second-order valence-corrected chi connectivity index (χ2v) is 6.34. The van der Waals surface area contributed by atoms with Crippen LogP contribution in [0.2, 0.25) is 0 Å². The highest BCUT2D eigenvalue weighted by Crippen LogP contribution is 2.42. The highest BCUT2D eigenvalue weighted by atomic mass is 79.9. The van der Waals surface area contributed by atoms with Crippen molar-refractivity contribution in [2.75, 3.05) is 0 Å². The zero-order valence-electron chi connectivity index (χ0n) is 10.3. The van der Waals surface area contributed by atoms with Crippen molar-refractivity contribution in [1.29, 1.82) is 0 Å². The molecule has 2 bridgehead atoms. The number of aliphatic hydroxyl groups is 1. The molecular weight excluding hydrogens is 312 g/mol. The van der Waals surface area contributed by atoms with E-state index >= 15 is 0 Å². The Morgan fingerprint density at radius 1 is 1.37 bits per heavy atom. The monoisotopic (exact) mass is 326 g/mol. The molecule has 0 amide bonds. The van der Waals surface area contributed by atoms with Gasteiger partial charge < -0.3 is 14.6 Å². The molecule has 19 heavy (non-hydrogen) atoms. The van der Waals surface area contributed by atoms with Gasteiger partial charge in [-0.15, -0.1) is 0 Å². The molecule has 1 N–H and O–H groups in total.